The number of halogens is 1. The van der Waals surface area contributed by atoms with Crippen molar-refractivity contribution >= 4 is 23.2 Å². The third-order valence-corrected chi connectivity index (χ3v) is 3.36. The van der Waals surface area contributed by atoms with E-state index in [-0.39, 0.29) is 0 Å². The van der Waals surface area contributed by atoms with Crippen molar-refractivity contribution in [2.24, 2.45) is 0 Å². The van der Waals surface area contributed by atoms with Gasteiger partial charge >= 0.3 is 0 Å². The Bertz CT molecular complexity index is 747. The van der Waals surface area contributed by atoms with Crippen molar-refractivity contribution < 1.29 is 4.74 Å². The maximum absolute atomic E-state index is 5.97. The molecule has 0 spiro atoms. The van der Waals surface area contributed by atoms with E-state index in [4.69, 9.17) is 16.3 Å². The maximum atomic E-state index is 5.97. The van der Waals surface area contributed by atoms with Gasteiger partial charge in [-0.3, -0.25) is 0 Å². The lowest BCUT2D eigenvalue weighted by atomic mass is 10.4. The van der Waals surface area contributed by atoms with Gasteiger partial charge in [0.05, 0.1) is 25.0 Å². The second-order valence-corrected chi connectivity index (χ2v) is 5.03. The zero-order chi connectivity index (χ0) is 15.4. The van der Waals surface area contributed by atoms with Crippen LogP contribution >= 0.6 is 11.6 Å². The van der Waals surface area contributed by atoms with Crippen LogP contribution in [0.15, 0.2) is 36.8 Å². The summed E-state index contributed by atoms with van der Waals surface area (Å²) >= 11 is 5.97. The van der Waals surface area contributed by atoms with Crippen molar-refractivity contribution in [3.8, 4) is 0 Å². The van der Waals surface area contributed by atoms with Crippen molar-refractivity contribution in [1.29, 1.82) is 0 Å². The second kappa shape index (κ2) is 6.67. The highest BCUT2D eigenvalue weighted by atomic mass is 35.5. The highest BCUT2D eigenvalue weighted by molar-refractivity contribution is 6.29. The average Bonchev–Trinajstić information content (AvgIpc) is 2.94. The minimum absolute atomic E-state index is 0.422. The minimum Gasteiger partial charge on any atom is -0.383 e. The molecule has 0 fully saturated rings. The zero-order valence-electron chi connectivity index (χ0n) is 12.1. The molecule has 0 atom stereocenters. The Morgan fingerprint density at radius 1 is 1.23 bits per heavy atom. The topological polar surface area (TPSA) is 68.4 Å². The molecule has 0 unspecified atom stereocenters. The van der Waals surface area contributed by atoms with Gasteiger partial charge < -0.3 is 9.64 Å². The zero-order valence-corrected chi connectivity index (χ0v) is 12.8. The lowest BCUT2D eigenvalue weighted by molar-refractivity contribution is 0.204. The van der Waals surface area contributed by atoms with Crippen LogP contribution in [0, 0.1) is 0 Å². The van der Waals surface area contributed by atoms with Crippen molar-refractivity contribution in [3.05, 3.63) is 47.6 Å². The third kappa shape index (κ3) is 3.15. The molecule has 0 aromatic carbocycles. The third-order valence-electron chi connectivity index (χ3n) is 3.15. The number of anilines is 1. The van der Waals surface area contributed by atoms with E-state index in [1.807, 2.05) is 11.0 Å². The number of hydrogen-bond donors (Lipinski definition) is 0. The van der Waals surface area contributed by atoms with Gasteiger partial charge in [-0.15, -0.1) is 0 Å². The number of fused-ring (bicyclic) bond motifs is 1. The van der Waals surface area contributed by atoms with Gasteiger partial charge in [0.15, 0.2) is 5.65 Å². The molecule has 0 aliphatic heterocycles. The summed E-state index contributed by atoms with van der Waals surface area (Å²) in [6.07, 6.45) is 5.21. The molecule has 3 aromatic rings. The molecule has 0 bridgehead atoms. The molecule has 0 saturated carbocycles. The quantitative estimate of drug-likeness (QED) is 0.690. The highest BCUT2D eigenvalue weighted by Gasteiger charge is 2.13. The summed E-state index contributed by atoms with van der Waals surface area (Å²) in [7, 11) is 1.67. The highest BCUT2D eigenvalue weighted by Crippen LogP contribution is 2.14. The molecule has 0 amide bonds. The molecule has 0 radical (unpaired) electrons. The van der Waals surface area contributed by atoms with Gasteiger partial charge in [-0.1, -0.05) is 11.6 Å². The van der Waals surface area contributed by atoms with E-state index in [1.54, 1.807) is 42.3 Å². The summed E-state index contributed by atoms with van der Waals surface area (Å²) in [6, 6.07) is 5.33. The number of rotatable bonds is 6. The van der Waals surface area contributed by atoms with Gasteiger partial charge in [0.2, 0.25) is 5.95 Å². The van der Waals surface area contributed by atoms with Crippen molar-refractivity contribution in [2.45, 2.75) is 6.54 Å². The van der Waals surface area contributed by atoms with E-state index in [2.05, 4.69) is 20.1 Å². The molecule has 22 heavy (non-hydrogen) atoms. The Morgan fingerprint density at radius 3 is 2.82 bits per heavy atom. The number of hydrogen-bond acceptors (Lipinski definition) is 6. The van der Waals surface area contributed by atoms with E-state index in [0.717, 1.165) is 11.3 Å². The van der Waals surface area contributed by atoms with Gasteiger partial charge in [-0.2, -0.15) is 5.10 Å². The molecule has 0 N–H and O–H groups in total. The Kier molecular flexibility index (Phi) is 4.45. The van der Waals surface area contributed by atoms with E-state index in [9.17, 15) is 0 Å². The van der Waals surface area contributed by atoms with Crippen LogP contribution in [0.2, 0.25) is 5.15 Å². The fourth-order valence-electron chi connectivity index (χ4n) is 2.11. The first-order valence-electron chi connectivity index (χ1n) is 6.78. The molecular formula is C14H15ClN6O. The molecule has 3 rings (SSSR count). The average molecular weight is 319 g/mol. The Labute approximate surface area is 132 Å². The summed E-state index contributed by atoms with van der Waals surface area (Å²) in [5, 5.41) is 4.71. The minimum atomic E-state index is 0.422. The fourth-order valence-corrected chi connectivity index (χ4v) is 2.25. The normalized spacial score (nSPS) is 11.0. The number of aromatic nitrogens is 5. The van der Waals surface area contributed by atoms with Gasteiger partial charge in [-0.25, -0.2) is 19.5 Å². The van der Waals surface area contributed by atoms with Crippen LogP contribution in [0.5, 0.6) is 0 Å². The molecule has 0 aliphatic rings. The van der Waals surface area contributed by atoms with E-state index in [0.29, 0.717) is 30.8 Å². The van der Waals surface area contributed by atoms with Crippen LogP contribution in [0.4, 0.5) is 5.95 Å². The van der Waals surface area contributed by atoms with Crippen LogP contribution in [0.3, 0.4) is 0 Å². The van der Waals surface area contributed by atoms with Gasteiger partial charge in [0.1, 0.15) is 5.15 Å². The fraction of sp³-hybridized carbons (Fsp3) is 0.286. The standard InChI is InChI=1S/C14H15ClN6O/c1-22-8-7-20(14-16-5-2-6-17-14)10-11-9-18-13-4-3-12(15)19-21(11)13/h2-6,9H,7-8,10H2,1H3. The first kappa shape index (κ1) is 14.7. The summed E-state index contributed by atoms with van der Waals surface area (Å²) in [4.78, 5) is 14.9. The number of methoxy groups -OCH3 is 1. The van der Waals surface area contributed by atoms with E-state index in [1.165, 1.54) is 0 Å². The Morgan fingerprint density at radius 2 is 2.05 bits per heavy atom. The second-order valence-electron chi connectivity index (χ2n) is 4.64. The smallest absolute Gasteiger partial charge is 0.225 e. The maximum Gasteiger partial charge on any atom is 0.225 e. The Balaban J connectivity index is 1.90. The van der Waals surface area contributed by atoms with Crippen LogP contribution in [-0.4, -0.2) is 44.8 Å². The van der Waals surface area contributed by atoms with Crippen LogP contribution in [0.25, 0.3) is 5.65 Å². The molecule has 3 heterocycles. The molecule has 3 aromatic heterocycles. The van der Waals surface area contributed by atoms with Gasteiger partial charge in [-0.05, 0) is 18.2 Å². The van der Waals surface area contributed by atoms with Crippen LogP contribution in [0.1, 0.15) is 5.69 Å². The first-order chi connectivity index (χ1) is 10.8. The molecule has 8 heteroatoms. The number of ether oxygens (including phenoxy) is 1. The lowest BCUT2D eigenvalue weighted by Crippen LogP contribution is -2.29. The first-order valence-corrected chi connectivity index (χ1v) is 7.16. The number of imidazole rings is 1. The molecule has 0 saturated heterocycles. The van der Waals surface area contributed by atoms with Crippen LogP contribution < -0.4 is 4.90 Å². The summed E-state index contributed by atoms with van der Waals surface area (Å²) in [5.74, 6) is 0.636. The van der Waals surface area contributed by atoms with Crippen molar-refractivity contribution in [2.75, 3.05) is 25.2 Å². The summed E-state index contributed by atoms with van der Waals surface area (Å²) in [5.41, 5.74) is 1.65. The summed E-state index contributed by atoms with van der Waals surface area (Å²) in [6.45, 7) is 1.79. The van der Waals surface area contributed by atoms with Gasteiger partial charge in [0.25, 0.3) is 0 Å². The van der Waals surface area contributed by atoms with Gasteiger partial charge in [0, 0.05) is 26.0 Å². The molecule has 7 nitrogen and oxygen atoms in total. The summed E-state index contributed by atoms with van der Waals surface area (Å²) < 4.78 is 6.89. The van der Waals surface area contributed by atoms with E-state index < -0.39 is 0 Å². The molecule has 0 aliphatic carbocycles. The van der Waals surface area contributed by atoms with Crippen molar-refractivity contribution in [1.82, 2.24) is 24.6 Å². The Hall–Kier alpha value is -2.25. The number of nitrogens with zero attached hydrogens (tertiary/aromatic N) is 6. The van der Waals surface area contributed by atoms with Crippen LogP contribution in [-0.2, 0) is 11.3 Å². The predicted molar refractivity (Wildman–Crippen MR) is 83.0 cm³/mol. The predicted octanol–water partition coefficient (Wildman–Crippen LogP) is 1.83. The largest absolute Gasteiger partial charge is 0.383 e. The lowest BCUT2D eigenvalue weighted by Gasteiger charge is -2.21. The molecule has 114 valence electrons. The molecular weight excluding hydrogens is 304 g/mol. The monoisotopic (exact) mass is 318 g/mol. The van der Waals surface area contributed by atoms with Crippen molar-refractivity contribution in [3.63, 3.8) is 0 Å². The SMILES string of the molecule is COCCN(Cc1cnc2ccc(Cl)nn12)c1ncccn1. The van der Waals surface area contributed by atoms with E-state index >= 15 is 0 Å².